The van der Waals surface area contributed by atoms with E-state index in [1.165, 1.54) is 0 Å². The third-order valence-electron chi connectivity index (χ3n) is 5.40. The number of aromatic nitrogens is 4. The zero-order valence-electron chi connectivity index (χ0n) is 15.5. The molecule has 0 atom stereocenters. The Labute approximate surface area is 170 Å². The Balaban J connectivity index is 2.09. The Hall–Kier alpha value is -4.68. The van der Waals surface area contributed by atoms with Gasteiger partial charge >= 0.3 is 0 Å². The minimum absolute atomic E-state index is 0.000667. The van der Waals surface area contributed by atoms with Gasteiger partial charge in [0.15, 0.2) is 0 Å². The fourth-order valence-corrected chi connectivity index (χ4v) is 4.23. The van der Waals surface area contributed by atoms with Crippen LogP contribution in [0.1, 0.15) is 0 Å². The van der Waals surface area contributed by atoms with Crippen molar-refractivity contribution in [1.29, 1.82) is 0 Å². The van der Waals surface area contributed by atoms with Crippen LogP contribution in [0.3, 0.4) is 0 Å². The van der Waals surface area contributed by atoms with E-state index in [1.54, 1.807) is 12.4 Å². The standard InChI is InChI=1S/C24H10N6/c1-25-23-24(26-2)30-22-20(29-23)18-16-10-6-4-8-14(16)13-7-3-5-9-15(13)17(18)19-21(22)28-12-11-27-19/h3-12H. The van der Waals surface area contributed by atoms with E-state index in [2.05, 4.69) is 47.8 Å². The molecule has 6 heteroatoms. The van der Waals surface area contributed by atoms with Gasteiger partial charge in [-0.25, -0.2) is 4.98 Å². The summed E-state index contributed by atoms with van der Waals surface area (Å²) in [4.78, 5) is 25.1. The monoisotopic (exact) mass is 382 g/mol. The molecule has 30 heavy (non-hydrogen) atoms. The van der Waals surface area contributed by atoms with Crippen LogP contribution in [0.2, 0.25) is 0 Å². The molecule has 0 saturated carbocycles. The minimum Gasteiger partial charge on any atom is -0.370 e. The molecule has 2 aromatic heterocycles. The third-order valence-corrected chi connectivity index (χ3v) is 5.40. The lowest BCUT2D eigenvalue weighted by atomic mass is 9.92. The van der Waals surface area contributed by atoms with Gasteiger partial charge in [-0.3, -0.25) is 4.98 Å². The molecule has 0 fully saturated rings. The molecule has 136 valence electrons. The van der Waals surface area contributed by atoms with Crippen molar-refractivity contribution >= 4 is 66.0 Å². The van der Waals surface area contributed by atoms with Gasteiger partial charge < -0.3 is 9.69 Å². The molecule has 6 rings (SSSR count). The van der Waals surface area contributed by atoms with E-state index in [1.807, 2.05) is 30.3 Å². The van der Waals surface area contributed by atoms with E-state index in [-0.39, 0.29) is 11.6 Å². The normalized spacial score (nSPS) is 11.3. The molecule has 6 aromatic rings. The topological polar surface area (TPSA) is 60.3 Å². The number of hydrogen-bond donors (Lipinski definition) is 0. The Kier molecular flexibility index (Phi) is 3.21. The van der Waals surface area contributed by atoms with Crippen molar-refractivity contribution in [2.24, 2.45) is 0 Å². The molecule has 0 unspecified atom stereocenters. The molecule has 0 bridgehead atoms. The van der Waals surface area contributed by atoms with Crippen molar-refractivity contribution in [2.75, 3.05) is 0 Å². The van der Waals surface area contributed by atoms with Crippen LogP contribution >= 0.6 is 0 Å². The van der Waals surface area contributed by atoms with E-state index in [0.717, 1.165) is 32.3 Å². The smallest absolute Gasteiger partial charge is 0.294 e. The number of fused-ring (bicyclic) bond motifs is 11. The maximum Gasteiger partial charge on any atom is 0.294 e. The Morgan fingerprint density at radius 3 is 1.57 bits per heavy atom. The zero-order chi connectivity index (χ0) is 20.2. The van der Waals surface area contributed by atoms with Crippen LogP contribution in [0, 0.1) is 13.1 Å². The third kappa shape index (κ3) is 1.99. The van der Waals surface area contributed by atoms with E-state index in [4.69, 9.17) is 13.1 Å². The molecule has 0 saturated heterocycles. The van der Waals surface area contributed by atoms with Gasteiger partial charge in [-0.15, -0.1) is 9.97 Å². The second-order valence-corrected chi connectivity index (χ2v) is 6.89. The summed E-state index contributed by atoms with van der Waals surface area (Å²) in [7, 11) is 0. The van der Waals surface area contributed by atoms with Crippen molar-refractivity contribution in [3.63, 3.8) is 0 Å². The van der Waals surface area contributed by atoms with Gasteiger partial charge in [0.1, 0.15) is 11.0 Å². The van der Waals surface area contributed by atoms with E-state index in [0.29, 0.717) is 22.1 Å². The molecule has 0 radical (unpaired) electrons. The maximum atomic E-state index is 7.48. The predicted octanol–water partition coefficient (Wildman–Crippen LogP) is 6.13. The number of nitrogens with zero attached hydrogens (tertiary/aromatic N) is 6. The fraction of sp³-hybridized carbons (Fsp3) is 0. The van der Waals surface area contributed by atoms with E-state index in [9.17, 15) is 0 Å². The maximum absolute atomic E-state index is 7.48. The molecule has 0 aliphatic carbocycles. The Bertz CT molecular complexity index is 1770. The molecule has 0 spiro atoms. The molecule has 0 aliphatic heterocycles. The summed E-state index contributed by atoms with van der Waals surface area (Å²) >= 11 is 0. The van der Waals surface area contributed by atoms with Gasteiger partial charge in [0.05, 0.1) is 0 Å². The van der Waals surface area contributed by atoms with Crippen molar-refractivity contribution < 1.29 is 0 Å². The Morgan fingerprint density at radius 2 is 1.00 bits per heavy atom. The molecule has 6 nitrogen and oxygen atoms in total. The largest absolute Gasteiger partial charge is 0.370 e. The zero-order valence-corrected chi connectivity index (χ0v) is 15.5. The van der Waals surface area contributed by atoms with Crippen LogP contribution < -0.4 is 0 Å². The quantitative estimate of drug-likeness (QED) is 0.234. The minimum atomic E-state index is -0.0195. The highest BCUT2D eigenvalue weighted by atomic mass is 15.0. The first kappa shape index (κ1) is 16.3. The first-order valence-corrected chi connectivity index (χ1v) is 9.24. The van der Waals surface area contributed by atoms with Crippen molar-refractivity contribution in [3.05, 3.63) is 83.8 Å². The number of rotatable bonds is 0. The average molecular weight is 382 g/mol. The van der Waals surface area contributed by atoms with Crippen LogP contribution in [0.25, 0.3) is 64.1 Å². The lowest BCUT2D eigenvalue weighted by Gasteiger charge is -2.12. The van der Waals surface area contributed by atoms with Gasteiger partial charge in [0, 0.05) is 23.2 Å². The van der Waals surface area contributed by atoms with Gasteiger partial charge in [-0.05, 0) is 21.5 Å². The number of benzene rings is 4. The predicted molar refractivity (Wildman–Crippen MR) is 118 cm³/mol. The summed E-state index contributed by atoms with van der Waals surface area (Å²) in [5.74, 6) is -0.0202. The fourth-order valence-electron chi connectivity index (χ4n) is 4.23. The van der Waals surface area contributed by atoms with Crippen molar-refractivity contribution in [2.45, 2.75) is 0 Å². The first-order chi connectivity index (χ1) is 14.8. The van der Waals surface area contributed by atoms with Crippen molar-refractivity contribution in [3.8, 4) is 0 Å². The summed E-state index contributed by atoms with van der Waals surface area (Å²) in [5, 5.41) is 6.05. The van der Waals surface area contributed by atoms with Crippen molar-refractivity contribution in [1.82, 2.24) is 19.9 Å². The lowest BCUT2D eigenvalue weighted by molar-refractivity contribution is 1.29. The molecule has 0 aliphatic rings. The molecular weight excluding hydrogens is 372 g/mol. The van der Waals surface area contributed by atoms with Crippen LogP contribution in [-0.2, 0) is 0 Å². The molecule has 0 amide bonds. The van der Waals surface area contributed by atoms with Crippen LogP contribution in [0.4, 0.5) is 11.6 Å². The molecule has 4 aromatic carbocycles. The molecule has 2 heterocycles. The highest BCUT2D eigenvalue weighted by molar-refractivity contribution is 6.37. The van der Waals surface area contributed by atoms with Gasteiger partial charge in [-0.2, -0.15) is 0 Å². The second-order valence-electron chi connectivity index (χ2n) is 6.89. The van der Waals surface area contributed by atoms with E-state index < -0.39 is 0 Å². The van der Waals surface area contributed by atoms with Gasteiger partial charge in [-0.1, -0.05) is 61.7 Å². The average Bonchev–Trinajstić information content (AvgIpc) is 2.82. The summed E-state index contributed by atoms with van der Waals surface area (Å²) < 4.78 is 0. The van der Waals surface area contributed by atoms with Gasteiger partial charge in [0.25, 0.3) is 11.6 Å². The first-order valence-electron chi connectivity index (χ1n) is 9.24. The summed E-state index contributed by atoms with van der Waals surface area (Å²) in [6, 6.07) is 16.3. The van der Waals surface area contributed by atoms with Crippen LogP contribution in [0.5, 0.6) is 0 Å². The SMILES string of the molecule is [C-]#[N+]c1nc2c3nccnc3c3c4ccccc4c4ccccc4c3c2nc1[N+]#[C-]. The highest BCUT2D eigenvalue weighted by Gasteiger charge is 2.24. The summed E-state index contributed by atoms with van der Waals surface area (Å²) in [5.41, 5.74) is 2.35. The van der Waals surface area contributed by atoms with Crippen LogP contribution in [-0.4, -0.2) is 19.9 Å². The lowest BCUT2D eigenvalue weighted by Crippen LogP contribution is -1.95. The van der Waals surface area contributed by atoms with Crippen LogP contribution in [0.15, 0.2) is 60.9 Å². The molecule has 0 N–H and O–H groups in total. The summed E-state index contributed by atoms with van der Waals surface area (Å²) in [6.45, 7) is 14.9. The second kappa shape index (κ2) is 5.91. The van der Waals surface area contributed by atoms with E-state index >= 15 is 0 Å². The molecular formula is C24H10N6. The van der Waals surface area contributed by atoms with Gasteiger partial charge in [0.2, 0.25) is 11.0 Å². The summed E-state index contributed by atoms with van der Waals surface area (Å²) in [6.07, 6.45) is 3.27. The number of hydrogen-bond acceptors (Lipinski definition) is 4. The highest BCUT2D eigenvalue weighted by Crippen LogP contribution is 2.42. The Morgan fingerprint density at radius 1 is 0.533 bits per heavy atom.